The molecule has 0 radical (unpaired) electrons. The van der Waals surface area contributed by atoms with Crippen LogP contribution in [0.5, 0.6) is 23.3 Å². The van der Waals surface area contributed by atoms with Gasteiger partial charge in [-0.3, -0.25) is 9.36 Å². The lowest BCUT2D eigenvalue weighted by atomic mass is 9.72. The van der Waals surface area contributed by atoms with Crippen LogP contribution in [0.1, 0.15) is 160 Å². The molecule has 1 saturated carbocycles. The Morgan fingerprint density at radius 2 is 0.783 bits per heavy atom. The quantitative estimate of drug-likeness (QED) is 0.0429. The summed E-state index contributed by atoms with van der Waals surface area (Å²) in [6.45, 7) is 26.4. The highest BCUT2D eigenvalue weighted by atomic mass is 16.6. The molecule has 0 amide bonds. The molecule has 14 heteroatoms. The molecule has 14 nitrogen and oxygen atoms in total. The lowest BCUT2D eigenvalue weighted by Gasteiger charge is -2.47. The van der Waals surface area contributed by atoms with Crippen LogP contribution in [-0.4, -0.2) is 80.6 Å². The third-order valence-corrected chi connectivity index (χ3v) is 20.6. The molecular formula is C92H110N4O10. The van der Waals surface area contributed by atoms with Crippen LogP contribution in [0.3, 0.4) is 0 Å². The van der Waals surface area contributed by atoms with Gasteiger partial charge in [-0.1, -0.05) is 246 Å². The van der Waals surface area contributed by atoms with Crippen LogP contribution in [0, 0.1) is 31.6 Å². The summed E-state index contributed by atoms with van der Waals surface area (Å²) >= 11 is 0. The van der Waals surface area contributed by atoms with E-state index in [-0.39, 0.29) is 54.3 Å². The Hall–Kier alpha value is -9.12. The smallest absolute Gasteiger partial charge is 0.237 e. The first-order chi connectivity index (χ1) is 51.7. The molecule has 2 fully saturated rings. The molecule has 2 aromatic heterocycles. The van der Waals surface area contributed by atoms with Gasteiger partial charge in [0.15, 0.2) is 6.10 Å². The van der Waals surface area contributed by atoms with Gasteiger partial charge in [0.25, 0.3) is 0 Å². The van der Waals surface area contributed by atoms with E-state index in [0.717, 1.165) is 105 Å². The molecule has 106 heavy (non-hydrogen) atoms. The molecule has 10 aromatic rings. The highest BCUT2D eigenvalue weighted by Crippen LogP contribution is 2.42. The van der Waals surface area contributed by atoms with Crippen LogP contribution >= 0.6 is 0 Å². The zero-order chi connectivity index (χ0) is 74.2. The first-order valence-corrected chi connectivity index (χ1v) is 38.3. The lowest BCUT2D eigenvalue weighted by Crippen LogP contribution is -2.61. The number of hydrogen-bond donors (Lipinski definition) is 1. The minimum absolute atomic E-state index is 0.0337. The third kappa shape index (κ3) is 21.4. The zero-order valence-electron chi connectivity index (χ0n) is 63.8. The molecule has 3 heterocycles. The van der Waals surface area contributed by atoms with Crippen LogP contribution in [0.25, 0.3) is 0 Å². The van der Waals surface area contributed by atoms with Crippen molar-refractivity contribution < 1.29 is 47.7 Å². The number of ether oxygens (including phenoxy) is 9. The molecule has 1 aliphatic heterocycles. The molecule has 1 N–H and O–H groups in total. The van der Waals surface area contributed by atoms with E-state index in [1.54, 1.807) is 0 Å². The van der Waals surface area contributed by atoms with Gasteiger partial charge >= 0.3 is 0 Å². The largest absolute Gasteiger partial charge is 0.489 e. The first-order valence-electron chi connectivity index (χ1n) is 38.3. The molecule has 13 rings (SSSR count). The van der Waals surface area contributed by atoms with E-state index in [9.17, 15) is 5.11 Å². The minimum Gasteiger partial charge on any atom is -0.489 e. The van der Waals surface area contributed by atoms with E-state index in [1.807, 2.05) is 126 Å². The topological polar surface area (TPSA) is 139 Å². The number of hydrogen-bond acceptors (Lipinski definition) is 12. The second-order valence-electron chi connectivity index (χ2n) is 28.8. The van der Waals surface area contributed by atoms with E-state index in [1.165, 1.54) is 18.4 Å². The van der Waals surface area contributed by atoms with Gasteiger partial charge in [0.1, 0.15) is 43.0 Å². The normalized spacial score (nSPS) is 20.6. The van der Waals surface area contributed by atoms with Gasteiger partial charge in [-0.2, -0.15) is 0 Å². The van der Waals surface area contributed by atoms with Crippen molar-refractivity contribution in [3.05, 3.63) is 309 Å². The zero-order valence-corrected chi connectivity index (χ0v) is 63.8. The molecule has 1 unspecified atom stereocenters. The molecular weight excluding hydrogens is 1320 g/mol. The summed E-state index contributed by atoms with van der Waals surface area (Å²) in [5.74, 6) is 2.98. The lowest BCUT2D eigenvalue weighted by molar-refractivity contribution is -0.212. The Kier molecular flexibility index (Phi) is 29.0. The average molecular weight is 1430 g/mol. The predicted octanol–water partition coefficient (Wildman–Crippen LogP) is 19.5. The summed E-state index contributed by atoms with van der Waals surface area (Å²) in [6.07, 6.45) is 4.55. The monoisotopic (exact) mass is 1430 g/mol. The van der Waals surface area contributed by atoms with E-state index in [2.05, 4.69) is 189 Å². The number of nitrogens with zero attached hydrogens (tertiary/aromatic N) is 4. The Balaban J connectivity index is 0.000000198. The van der Waals surface area contributed by atoms with Gasteiger partial charge in [0.2, 0.25) is 11.8 Å². The van der Waals surface area contributed by atoms with Crippen molar-refractivity contribution in [2.75, 3.05) is 13.2 Å². The summed E-state index contributed by atoms with van der Waals surface area (Å²) < 4.78 is 62.1. The van der Waals surface area contributed by atoms with Crippen LogP contribution in [-0.2, 0) is 76.2 Å². The van der Waals surface area contributed by atoms with Gasteiger partial charge in [0.05, 0.1) is 44.7 Å². The second kappa shape index (κ2) is 39.5. The maximum atomic E-state index is 12.1. The predicted molar refractivity (Wildman–Crippen MR) is 420 cm³/mol. The Labute approximate surface area is 629 Å². The van der Waals surface area contributed by atoms with E-state index in [0.29, 0.717) is 64.2 Å². The summed E-state index contributed by atoms with van der Waals surface area (Å²) in [6, 6.07) is 78.3. The van der Waals surface area contributed by atoms with Crippen LogP contribution in [0.4, 0.5) is 0 Å². The summed E-state index contributed by atoms with van der Waals surface area (Å²) in [4.78, 5) is 0. The van der Waals surface area contributed by atoms with Crippen molar-refractivity contribution in [1.29, 1.82) is 0 Å². The first kappa shape index (κ1) is 78.0. The van der Waals surface area contributed by atoms with Crippen LogP contribution in [0.15, 0.2) is 242 Å². The van der Waals surface area contributed by atoms with Crippen molar-refractivity contribution in [3.8, 4) is 23.3 Å². The van der Waals surface area contributed by atoms with Crippen molar-refractivity contribution >= 4 is 0 Å². The minimum atomic E-state index is -0.777. The van der Waals surface area contributed by atoms with Crippen molar-refractivity contribution in [2.24, 2.45) is 17.8 Å². The molecule has 10 atom stereocenters. The summed E-state index contributed by atoms with van der Waals surface area (Å²) in [5, 5.41) is 22.1. The van der Waals surface area contributed by atoms with Gasteiger partial charge in [0, 0.05) is 66.6 Å². The van der Waals surface area contributed by atoms with E-state index < -0.39 is 18.3 Å². The Bertz CT molecular complexity index is 4200. The van der Waals surface area contributed by atoms with Crippen molar-refractivity contribution in [2.45, 2.75) is 202 Å². The molecule has 558 valence electrons. The van der Waals surface area contributed by atoms with Crippen LogP contribution in [0.2, 0.25) is 0 Å². The third-order valence-electron chi connectivity index (χ3n) is 20.6. The fourth-order valence-electron chi connectivity index (χ4n) is 14.6. The fourth-order valence-corrected chi connectivity index (χ4v) is 14.6. The van der Waals surface area contributed by atoms with Gasteiger partial charge < -0.3 is 47.7 Å². The fraction of sp³-hybridized carbons (Fsp3) is 0.391. The number of aromatic nitrogens is 4. The molecule has 2 aliphatic carbocycles. The Morgan fingerprint density at radius 3 is 1.14 bits per heavy atom. The van der Waals surface area contributed by atoms with Crippen LogP contribution < -0.4 is 18.9 Å². The van der Waals surface area contributed by atoms with Gasteiger partial charge in [-0.05, 0) is 147 Å². The number of benzene rings is 8. The maximum absolute atomic E-state index is 12.1. The molecule has 1 saturated heterocycles. The molecule has 8 aromatic carbocycles. The van der Waals surface area contributed by atoms with Crippen molar-refractivity contribution in [1.82, 2.24) is 19.6 Å². The van der Waals surface area contributed by atoms with Gasteiger partial charge in [-0.15, -0.1) is 10.2 Å². The highest BCUT2D eigenvalue weighted by molar-refractivity contribution is 5.41. The molecule has 0 bridgehead atoms. The summed E-state index contributed by atoms with van der Waals surface area (Å²) in [7, 11) is 0. The summed E-state index contributed by atoms with van der Waals surface area (Å²) in [5.41, 5.74) is 14.4. The number of aliphatic hydroxyl groups is 1. The number of rotatable bonds is 30. The maximum Gasteiger partial charge on any atom is 0.237 e. The second-order valence-corrected chi connectivity index (χ2v) is 28.8. The van der Waals surface area contributed by atoms with Crippen molar-refractivity contribution in [3.63, 3.8) is 0 Å². The standard InChI is InChI=1S/C44H52N2O5.C44H50N2O4.C4H8O/c1-6-38-31(4)41(49-28-35-18-12-8-13-19-35)43(50-29-36-20-14-9-15-21-36)42(40(38)47)51-44-39(32(5)46(45-44)30(2)3)26-33-22-24-37(25-23-33)48-27-34-16-10-7-11-17-34;1-6-38-27-41(43(49-30-37-20-14-9-15-21-37)42(32(38)4)48-29-36-18-12-8-13-19-36)50-44-40(33(5)46(45-44)31(2)3)26-34-22-24-39(25-23-34)47-28-35-16-10-7-11-17-35;1-2-4-5-3-1/h7-25,30-31,38,40-43,47H,6,26-29H2,1-5H3;7-25,27,31-32,41-43H,6,26,28-30H2,1-5H3;1-4H2/t31-,38-,40?,41+,42-,43-;32-,41-,42+,43+;/m11./s1. The Morgan fingerprint density at radius 1 is 0.425 bits per heavy atom. The number of aliphatic hydroxyl groups excluding tert-OH is 1. The molecule has 0 spiro atoms. The van der Waals surface area contributed by atoms with E-state index >= 15 is 0 Å². The SMILES string of the molecule is C1CCOC1.CCC1=C[C@@H](Oc2nn(C(C)C)c(C)c2Cc2ccc(OCc3ccccc3)cc2)[C@H](OCc2ccccc2)[C@@H](OCc2ccccc2)[C@@H]1C.CC[C@H]1C(O)[C@@H](Oc2nn(C(C)C)c(C)c2Cc2ccc(OCc3ccccc3)cc2)[C@H](OCc2ccccc2)[C@@H](OCc2ccccc2)[C@@H]1C. The van der Waals surface area contributed by atoms with Gasteiger partial charge in [-0.25, -0.2) is 0 Å². The highest BCUT2D eigenvalue weighted by Gasteiger charge is 2.51. The molecule has 3 aliphatic rings. The average Bonchev–Trinajstić information content (AvgIpc) is 1.48. The van der Waals surface area contributed by atoms with E-state index in [4.69, 9.17) is 52.8 Å².